The molecule has 3 nitrogen and oxygen atoms in total. The Morgan fingerprint density at radius 2 is 1.94 bits per heavy atom. The van der Waals surface area contributed by atoms with Crippen LogP contribution in [0.1, 0.15) is 31.7 Å². The molecule has 16 heavy (non-hydrogen) atoms. The van der Waals surface area contributed by atoms with Crippen LogP contribution in [-0.2, 0) is 0 Å². The molecule has 0 heterocycles. The number of allylic oxidation sites excluding steroid dienone is 1. The van der Waals surface area contributed by atoms with E-state index in [1.807, 2.05) is 6.08 Å². The van der Waals surface area contributed by atoms with Gasteiger partial charge in [-0.25, -0.2) is 0 Å². The predicted octanol–water partition coefficient (Wildman–Crippen LogP) is 3.31. The van der Waals surface area contributed by atoms with E-state index in [0.717, 1.165) is 19.3 Å². The van der Waals surface area contributed by atoms with E-state index in [4.69, 9.17) is 4.74 Å². The van der Waals surface area contributed by atoms with Crippen LogP contribution in [0.4, 0.5) is 0 Å². The van der Waals surface area contributed by atoms with Crippen LogP contribution in [0, 0.1) is 0 Å². The molecule has 0 spiro atoms. The van der Waals surface area contributed by atoms with Gasteiger partial charge in [0.15, 0.2) is 11.5 Å². The summed E-state index contributed by atoms with van der Waals surface area (Å²) in [5.41, 5.74) is 0.526. The lowest BCUT2D eigenvalue weighted by molar-refractivity contribution is 0.367. The number of rotatable bonds is 5. The Labute approximate surface area is 96.0 Å². The topological polar surface area (TPSA) is 49.7 Å². The van der Waals surface area contributed by atoms with Crippen LogP contribution >= 0.6 is 0 Å². The van der Waals surface area contributed by atoms with Crippen LogP contribution in [0.3, 0.4) is 0 Å². The summed E-state index contributed by atoms with van der Waals surface area (Å²) >= 11 is 0. The van der Waals surface area contributed by atoms with Gasteiger partial charge in [0.2, 0.25) is 0 Å². The number of hydrogen-bond acceptors (Lipinski definition) is 3. The van der Waals surface area contributed by atoms with Crippen LogP contribution in [0.15, 0.2) is 18.2 Å². The number of phenols is 2. The fourth-order valence-corrected chi connectivity index (χ4v) is 1.48. The van der Waals surface area contributed by atoms with Crippen LogP contribution in [0.2, 0.25) is 0 Å². The normalized spacial score (nSPS) is 10.9. The summed E-state index contributed by atoms with van der Waals surface area (Å²) in [6.07, 6.45) is 6.95. The first-order valence-electron chi connectivity index (χ1n) is 5.46. The standard InChI is InChI=1S/C13H18O3/c1-3-4-5-6-7-10-11(14)8-9-12(15)13(10)16-2/h6-9,14-15H,3-5H2,1-2H3/b7-6+. The van der Waals surface area contributed by atoms with Gasteiger partial charge < -0.3 is 14.9 Å². The van der Waals surface area contributed by atoms with E-state index in [9.17, 15) is 10.2 Å². The molecule has 2 N–H and O–H groups in total. The number of hydrogen-bond donors (Lipinski definition) is 2. The first kappa shape index (κ1) is 12.4. The number of benzene rings is 1. The van der Waals surface area contributed by atoms with Gasteiger partial charge in [0.25, 0.3) is 0 Å². The van der Waals surface area contributed by atoms with Crippen molar-refractivity contribution in [1.82, 2.24) is 0 Å². The third kappa shape index (κ3) is 2.92. The molecule has 0 bridgehead atoms. The molecule has 1 aromatic rings. The maximum atomic E-state index is 9.66. The summed E-state index contributed by atoms with van der Waals surface area (Å²) in [5.74, 6) is 0.464. The highest BCUT2D eigenvalue weighted by molar-refractivity contribution is 5.67. The van der Waals surface area contributed by atoms with Gasteiger partial charge in [-0.15, -0.1) is 0 Å². The highest BCUT2D eigenvalue weighted by Crippen LogP contribution is 2.36. The molecular formula is C13H18O3. The Morgan fingerprint density at radius 1 is 1.25 bits per heavy atom. The van der Waals surface area contributed by atoms with E-state index in [-0.39, 0.29) is 11.5 Å². The zero-order valence-electron chi connectivity index (χ0n) is 9.73. The van der Waals surface area contributed by atoms with E-state index >= 15 is 0 Å². The average molecular weight is 222 g/mol. The minimum atomic E-state index is 0.0374. The molecule has 88 valence electrons. The fourth-order valence-electron chi connectivity index (χ4n) is 1.48. The molecule has 1 aromatic carbocycles. The first-order valence-corrected chi connectivity index (χ1v) is 5.46. The lowest BCUT2D eigenvalue weighted by Crippen LogP contribution is -1.88. The summed E-state index contributed by atoms with van der Waals surface area (Å²) in [6.45, 7) is 2.13. The average Bonchev–Trinajstić information content (AvgIpc) is 2.29. The molecule has 0 aliphatic rings. The van der Waals surface area contributed by atoms with Crippen molar-refractivity contribution in [3.05, 3.63) is 23.8 Å². The smallest absolute Gasteiger partial charge is 0.171 e. The molecule has 0 saturated carbocycles. The maximum Gasteiger partial charge on any atom is 0.171 e. The molecule has 3 heteroatoms. The number of aromatic hydroxyl groups is 2. The van der Waals surface area contributed by atoms with Crippen molar-refractivity contribution < 1.29 is 14.9 Å². The van der Waals surface area contributed by atoms with Crippen LogP contribution in [0.5, 0.6) is 17.2 Å². The first-order chi connectivity index (χ1) is 7.70. The molecular weight excluding hydrogens is 204 g/mol. The summed E-state index contributed by atoms with van der Waals surface area (Å²) in [5, 5.41) is 19.2. The van der Waals surface area contributed by atoms with Gasteiger partial charge in [0.1, 0.15) is 5.75 Å². The summed E-state index contributed by atoms with van der Waals surface area (Å²) in [4.78, 5) is 0. The van der Waals surface area contributed by atoms with E-state index in [0.29, 0.717) is 11.3 Å². The third-order valence-corrected chi connectivity index (χ3v) is 2.37. The Morgan fingerprint density at radius 3 is 2.56 bits per heavy atom. The number of phenolic OH excluding ortho intramolecular Hbond substituents is 2. The number of ether oxygens (including phenoxy) is 1. The van der Waals surface area contributed by atoms with Crippen LogP contribution < -0.4 is 4.74 Å². The SMILES string of the molecule is CCCC/C=C/c1c(O)ccc(O)c1OC. The Kier molecular flexibility index (Phi) is 4.70. The summed E-state index contributed by atoms with van der Waals surface area (Å²) < 4.78 is 5.05. The van der Waals surface area contributed by atoms with Crippen LogP contribution in [-0.4, -0.2) is 17.3 Å². The van der Waals surface area contributed by atoms with Crippen molar-refractivity contribution in [3.63, 3.8) is 0 Å². The van der Waals surface area contributed by atoms with Crippen molar-refractivity contribution in [3.8, 4) is 17.2 Å². The zero-order chi connectivity index (χ0) is 12.0. The molecule has 0 atom stereocenters. The lowest BCUT2D eigenvalue weighted by atomic mass is 10.1. The summed E-state index contributed by atoms with van der Waals surface area (Å²) in [6, 6.07) is 2.87. The lowest BCUT2D eigenvalue weighted by Gasteiger charge is -2.08. The van der Waals surface area contributed by atoms with Crippen molar-refractivity contribution in [2.75, 3.05) is 7.11 Å². The maximum absolute atomic E-state index is 9.66. The fraction of sp³-hybridized carbons (Fsp3) is 0.385. The second kappa shape index (κ2) is 6.05. The molecule has 0 aliphatic heterocycles. The minimum absolute atomic E-state index is 0.0374. The Balaban J connectivity index is 2.93. The predicted molar refractivity (Wildman–Crippen MR) is 64.9 cm³/mol. The largest absolute Gasteiger partial charge is 0.507 e. The molecule has 0 aliphatic carbocycles. The molecule has 0 unspecified atom stereocenters. The zero-order valence-corrected chi connectivity index (χ0v) is 9.73. The molecule has 0 radical (unpaired) electrons. The van der Waals surface area contributed by atoms with Gasteiger partial charge in [-0.1, -0.05) is 31.9 Å². The number of unbranched alkanes of at least 4 members (excludes halogenated alkanes) is 2. The summed E-state index contributed by atoms with van der Waals surface area (Å²) in [7, 11) is 1.47. The van der Waals surface area contributed by atoms with Crippen molar-refractivity contribution in [1.29, 1.82) is 0 Å². The van der Waals surface area contributed by atoms with E-state index in [1.165, 1.54) is 19.2 Å². The highest BCUT2D eigenvalue weighted by atomic mass is 16.5. The molecule has 0 amide bonds. The monoisotopic (exact) mass is 222 g/mol. The van der Waals surface area contributed by atoms with Crippen molar-refractivity contribution in [2.45, 2.75) is 26.2 Å². The second-order valence-corrected chi connectivity index (χ2v) is 3.60. The molecule has 1 rings (SSSR count). The minimum Gasteiger partial charge on any atom is -0.507 e. The van der Waals surface area contributed by atoms with Gasteiger partial charge in [-0.2, -0.15) is 0 Å². The molecule has 0 saturated heterocycles. The molecule has 0 aromatic heterocycles. The van der Waals surface area contributed by atoms with Crippen molar-refractivity contribution in [2.24, 2.45) is 0 Å². The van der Waals surface area contributed by atoms with Gasteiger partial charge in [-0.3, -0.25) is 0 Å². The molecule has 0 fully saturated rings. The third-order valence-electron chi connectivity index (χ3n) is 2.37. The Bertz CT molecular complexity index is 370. The van der Waals surface area contributed by atoms with Gasteiger partial charge in [-0.05, 0) is 18.6 Å². The van der Waals surface area contributed by atoms with Gasteiger partial charge >= 0.3 is 0 Å². The Hall–Kier alpha value is -1.64. The van der Waals surface area contributed by atoms with E-state index in [2.05, 4.69) is 6.92 Å². The van der Waals surface area contributed by atoms with E-state index < -0.39 is 0 Å². The van der Waals surface area contributed by atoms with Gasteiger partial charge in [0, 0.05) is 0 Å². The number of methoxy groups -OCH3 is 1. The second-order valence-electron chi connectivity index (χ2n) is 3.60. The van der Waals surface area contributed by atoms with Crippen LogP contribution in [0.25, 0.3) is 6.08 Å². The van der Waals surface area contributed by atoms with Gasteiger partial charge in [0.05, 0.1) is 12.7 Å². The highest BCUT2D eigenvalue weighted by Gasteiger charge is 2.10. The van der Waals surface area contributed by atoms with E-state index in [1.54, 1.807) is 6.08 Å². The quantitative estimate of drug-likeness (QED) is 0.593. The van der Waals surface area contributed by atoms with Crippen molar-refractivity contribution >= 4 is 6.08 Å².